The molecule has 0 saturated carbocycles. The van der Waals surface area contributed by atoms with Gasteiger partial charge < -0.3 is 4.98 Å². The van der Waals surface area contributed by atoms with E-state index in [0.717, 1.165) is 37.6 Å². The third-order valence-electron chi connectivity index (χ3n) is 3.51. The van der Waals surface area contributed by atoms with Crippen LogP contribution in [0.15, 0.2) is 27.5 Å². The van der Waals surface area contributed by atoms with Gasteiger partial charge in [-0.1, -0.05) is 40.5 Å². The minimum absolute atomic E-state index is 0.0513. The summed E-state index contributed by atoms with van der Waals surface area (Å²) in [5.41, 5.74) is 3.16. The second-order valence-corrected chi connectivity index (χ2v) is 7.12. The first-order valence-corrected chi connectivity index (χ1v) is 8.41. The Morgan fingerprint density at radius 2 is 2.10 bits per heavy atom. The number of aromatic amines is 1. The zero-order valence-corrected chi connectivity index (χ0v) is 14.5. The molecule has 0 radical (unpaired) electrons. The summed E-state index contributed by atoms with van der Waals surface area (Å²) in [6, 6.07) is 6.18. The molecule has 0 aliphatic rings. The highest BCUT2D eigenvalue weighted by Crippen LogP contribution is 2.39. The summed E-state index contributed by atoms with van der Waals surface area (Å²) in [4.78, 5) is 21.8. The summed E-state index contributed by atoms with van der Waals surface area (Å²) in [6.45, 7) is 6.08. The van der Waals surface area contributed by atoms with Crippen LogP contribution in [-0.2, 0) is 6.42 Å². The van der Waals surface area contributed by atoms with Crippen LogP contribution in [-0.4, -0.2) is 9.97 Å². The molecule has 2 heterocycles. The van der Waals surface area contributed by atoms with Crippen LogP contribution >= 0.6 is 27.3 Å². The summed E-state index contributed by atoms with van der Waals surface area (Å²) in [6.07, 6.45) is 0.728. The molecule has 1 aromatic carbocycles. The van der Waals surface area contributed by atoms with Gasteiger partial charge in [-0.05, 0) is 25.5 Å². The minimum atomic E-state index is -0.0513. The Morgan fingerprint density at radius 1 is 1.33 bits per heavy atom. The highest BCUT2D eigenvalue weighted by atomic mass is 79.9. The van der Waals surface area contributed by atoms with Crippen molar-refractivity contribution in [1.29, 1.82) is 0 Å². The standard InChI is InChI=1S/C16H15BrN2OS/c1-4-12-18-15(20)14-13(9(3)21-16(14)19-12)10-7-8(2)5-6-11(10)17/h5-7H,4H2,1-3H3,(H,18,19,20). The molecule has 108 valence electrons. The molecule has 0 fully saturated rings. The Kier molecular flexibility index (Phi) is 3.71. The number of nitrogens with zero attached hydrogens (tertiary/aromatic N) is 1. The first kappa shape index (κ1) is 14.5. The lowest BCUT2D eigenvalue weighted by Gasteiger charge is -2.06. The molecule has 0 aliphatic carbocycles. The predicted molar refractivity (Wildman–Crippen MR) is 92.2 cm³/mol. The Hall–Kier alpha value is -1.46. The van der Waals surface area contributed by atoms with E-state index in [1.807, 2.05) is 19.9 Å². The molecule has 0 aliphatic heterocycles. The molecular weight excluding hydrogens is 348 g/mol. The van der Waals surface area contributed by atoms with E-state index < -0.39 is 0 Å². The fraction of sp³-hybridized carbons (Fsp3) is 0.250. The number of rotatable bonds is 2. The van der Waals surface area contributed by atoms with Crippen LogP contribution < -0.4 is 5.56 Å². The van der Waals surface area contributed by atoms with Crippen molar-refractivity contribution in [2.45, 2.75) is 27.2 Å². The number of aromatic nitrogens is 2. The molecule has 0 saturated heterocycles. The monoisotopic (exact) mass is 362 g/mol. The summed E-state index contributed by atoms with van der Waals surface area (Å²) < 4.78 is 0.995. The average Bonchev–Trinajstić information content (AvgIpc) is 2.78. The topological polar surface area (TPSA) is 45.8 Å². The van der Waals surface area contributed by atoms with Crippen LogP contribution in [0.25, 0.3) is 21.3 Å². The third kappa shape index (κ3) is 2.45. The van der Waals surface area contributed by atoms with Gasteiger partial charge in [0, 0.05) is 21.3 Å². The molecular formula is C16H15BrN2OS. The maximum atomic E-state index is 12.5. The van der Waals surface area contributed by atoms with Gasteiger partial charge in [0.25, 0.3) is 5.56 Å². The number of aryl methyl sites for hydroxylation is 3. The number of hydrogen-bond acceptors (Lipinski definition) is 3. The number of H-pyrrole nitrogens is 1. The van der Waals surface area contributed by atoms with Gasteiger partial charge in [-0.25, -0.2) is 4.98 Å². The molecule has 1 N–H and O–H groups in total. The van der Waals surface area contributed by atoms with E-state index in [2.05, 4.69) is 45.0 Å². The van der Waals surface area contributed by atoms with E-state index in [1.54, 1.807) is 11.3 Å². The molecule has 2 aromatic heterocycles. The van der Waals surface area contributed by atoms with Gasteiger partial charge in [0.1, 0.15) is 10.7 Å². The molecule has 0 atom stereocenters. The van der Waals surface area contributed by atoms with E-state index in [4.69, 9.17) is 0 Å². The second-order valence-electron chi connectivity index (χ2n) is 5.06. The molecule has 5 heteroatoms. The molecule has 21 heavy (non-hydrogen) atoms. The Balaban J connectivity index is 2.40. The van der Waals surface area contributed by atoms with Crippen LogP contribution in [0.2, 0.25) is 0 Å². The van der Waals surface area contributed by atoms with Gasteiger partial charge in [0.05, 0.1) is 5.39 Å². The maximum Gasteiger partial charge on any atom is 0.260 e. The van der Waals surface area contributed by atoms with Crippen LogP contribution in [0.1, 0.15) is 23.2 Å². The number of benzene rings is 1. The zero-order chi connectivity index (χ0) is 15.1. The molecule has 3 aromatic rings. The molecule has 0 unspecified atom stereocenters. The van der Waals surface area contributed by atoms with Gasteiger partial charge in [-0.2, -0.15) is 0 Å². The first-order valence-electron chi connectivity index (χ1n) is 6.80. The number of thiophene rings is 1. The van der Waals surface area contributed by atoms with E-state index in [0.29, 0.717) is 5.39 Å². The summed E-state index contributed by atoms with van der Waals surface area (Å²) in [5.74, 6) is 0.739. The van der Waals surface area contributed by atoms with Crippen molar-refractivity contribution >= 4 is 37.5 Å². The van der Waals surface area contributed by atoms with Gasteiger partial charge >= 0.3 is 0 Å². The lowest BCUT2D eigenvalue weighted by atomic mass is 10.0. The van der Waals surface area contributed by atoms with Crippen molar-refractivity contribution in [2.75, 3.05) is 0 Å². The smallest absolute Gasteiger partial charge is 0.260 e. The largest absolute Gasteiger partial charge is 0.310 e. The van der Waals surface area contributed by atoms with E-state index >= 15 is 0 Å². The van der Waals surface area contributed by atoms with Crippen LogP contribution in [0, 0.1) is 13.8 Å². The Morgan fingerprint density at radius 3 is 2.81 bits per heavy atom. The second kappa shape index (κ2) is 5.39. The highest BCUT2D eigenvalue weighted by molar-refractivity contribution is 9.10. The zero-order valence-electron chi connectivity index (χ0n) is 12.1. The number of nitrogens with one attached hydrogen (secondary N) is 1. The van der Waals surface area contributed by atoms with Gasteiger partial charge in [0.15, 0.2) is 0 Å². The van der Waals surface area contributed by atoms with Crippen molar-refractivity contribution in [3.63, 3.8) is 0 Å². The summed E-state index contributed by atoms with van der Waals surface area (Å²) >= 11 is 5.18. The number of halogens is 1. The van der Waals surface area contributed by atoms with Crippen molar-refractivity contribution < 1.29 is 0 Å². The maximum absolute atomic E-state index is 12.5. The first-order chi connectivity index (χ1) is 10.0. The molecule has 0 bridgehead atoms. The fourth-order valence-corrected chi connectivity index (χ4v) is 3.99. The van der Waals surface area contributed by atoms with Crippen molar-refractivity contribution in [3.05, 3.63) is 49.3 Å². The molecule has 3 rings (SSSR count). The predicted octanol–water partition coefficient (Wildman–Crippen LogP) is 4.59. The van der Waals surface area contributed by atoms with E-state index in [-0.39, 0.29) is 5.56 Å². The lowest BCUT2D eigenvalue weighted by molar-refractivity contribution is 0.948. The van der Waals surface area contributed by atoms with Crippen LogP contribution in [0.4, 0.5) is 0 Å². The van der Waals surface area contributed by atoms with Crippen LogP contribution in [0.3, 0.4) is 0 Å². The van der Waals surface area contributed by atoms with Crippen molar-refractivity contribution in [3.8, 4) is 11.1 Å². The quantitative estimate of drug-likeness (QED) is 0.724. The summed E-state index contributed by atoms with van der Waals surface area (Å²) in [7, 11) is 0. The number of hydrogen-bond donors (Lipinski definition) is 1. The van der Waals surface area contributed by atoms with E-state index in [1.165, 1.54) is 5.56 Å². The van der Waals surface area contributed by atoms with Gasteiger partial charge in [-0.3, -0.25) is 4.79 Å². The van der Waals surface area contributed by atoms with Gasteiger partial charge in [0.2, 0.25) is 0 Å². The minimum Gasteiger partial charge on any atom is -0.310 e. The summed E-state index contributed by atoms with van der Waals surface area (Å²) in [5, 5.41) is 0.695. The molecule has 0 spiro atoms. The SMILES string of the molecule is CCc1nc2sc(C)c(-c3cc(C)ccc3Br)c2c(=O)[nH]1. The van der Waals surface area contributed by atoms with Crippen molar-refractivity contribution in [1.82, 2.24) is 9.97 Å². The van der Waals surface area contributed by atoms with Gasteiger partial charge in [-0.15, -0.1) is 11.3 Å². The Bertz CT molecular complexity index is 895. The Labute approximate surface area is 135 Å². The normalized spacial score (nSPS) is 11.2. The highest BCUT2D eigenvalue weighted by Gasteiger charge is 2.18. The lowest BCUT2D eigenvalue weighted by Crippen LogP contribution is -2.10. The third-order valence-corrected chi connectivity index (χ3v) is 5.20. The van der Waals surface area contributed by atoms with Crippen LogP contribution in [0.5, 0.6) is 0 Å². The fourth-order valence-electron chi connectivity index (χ4n) is 2.49. The van der Waals surface area contributed by atoms with Crippen molar-refractivity contribution in [2.24, 2.45) is 0 Å². The molecule has 0 amide bonds. The average molecular weight is 363 g/mol. The number of fused-ring (bicyclic) bond motifs is 1. The molecule has 3 nitrogen and oxygen atoms in total. The van der Waals surface area contributed by atoms with E-state index in [9.17, 15) is 4.79 Å².